The first kappa shape index (κ1) is 27.1. The van der Waals surface area contributed by atoms with E-state index in [1.807, 2.05) is 12.1 Å². The molecule has 3 saturated heterocycles. The number of hydrogen-bond acceptors (Lipinski definition) is 6. The van der Waals surface area contributed by atoms with Crippen LogP contribution in [0, 0.1) is 0 Å². The van der Waals surface area contributed by atoms with E-state index in [1.165, 1.54) is 10.4 Å². The molecule has 3 aliphatic heterocycles. The zero-order valence-electron chi connectivity index (χ0n) is 20.4. The van der Waals surface area contributed by atoms with E-state index in [9.17, 15) is 16.8 Å². The fraction of sp³-hybridized carbons (Fsp3) is 0.560. The Kier molecular flexibility index (Phi) is 8.06. The number of sulfonamides is 2. The molecule has 3 aliphatic rings. The highest BCUT2D eigenvalue weighted by atomic mass is 35.5. The number of halogens is 2. The minimum atomic E-state index is -3.83. The number of hydrogen-bond donors (Lipinski definition) is 0. The summed E-state index contributed by atoms with van der Waals surface area (Å²) in [4.78, 5) is 4.00. The van der Waals surface area contributed by atoms with Crippen LogP contribution in [-0.2, 0) is 20.0 Å². The van der Waals surface area contributed by atoms with Gasteiger partial charge in [-0.15, -0.1) is 0 Å². The lowest BCUT2D eigenvalue weighted by Crippen LogP contribution is -2.50. The molecule has 0 spiro atoms. The maximum absolute atomic E-state index is 13.4. The van der Waals surface area contributed by atoms with Crippen molar-refractivity contribution < 1.29 is 21.6 Å². The van der Waals surface area contributed by atoms with Crippen LogP contribution in [0.3, 0.4) is 0 Å². The molecule has 202 valence electrons. The van der Waals surface area contributed by atoms with Crippen molar-refractivity contribution in [2.75, 3.05) is 12.3 Å². The number of nitrogens with zero attached hydrogens (tertiary/aromatic N) is 3. The summed E-state index contributed by atoms with van der Waals surface area (Å²) in [6, 6.07) is 7.85. The van der Waals surface area contributed by atoms with Crippen molar-refractivity contribution in [3.63, 3.8) is 0 Å². The van der Waals surface area contributed by atoms with E-state index in [0.717, 1.165) is 25.0 Å². The third-order valence-electron chi connectivity index (χ3n) is 7.66. The van der Waals surface area contributed by atoms with E-state index in [0.29, 0.717) is 38.6 Å². The van der Waals surface area contributed by atoms with Gasteiger partial charge >= 0.3 is 0 Å². The number of ether oxygens (including phenoxy) is 1. The van der Waals surface area contributed by atoms with Gasteiger partial charge in [0.1, 0.15) is 16.7 Å². The Morgan fingerprint density at radius 2 is 1.68 bits per heavy atom. The standard InChI is InChI=1S/C25H31Cl2N3O5S2/c26-23-6-1-7-24(25(23)27)37(33,34)29-14-2-4-18(29)5-3-15-36(31,32)30-19-8-9-20(30)17-22(16-19)35-21-10-12-28-13-11-21/h1,6-7,10-13,18-20,22H,2-5,8-9,14-17H2/t18-,19+,20+/m0/s1. The molecule has 0 aliphatic carbocycles. The summed E-state index contributed by atoms with van der Waals surface area (Å²) in [7, 11) is -7.29. The lowest BCUT2D eigenvalue weighted by atomic mass is 10.0. The summed E-state index contributed by atoms with van der Waals surface area (Å²) in [6.07, 6.45) is 8.69. The molecule has 3 fully saturated rings. The Morgan fingerprint density at radius 3 is 2.38 bits per heavy atom. The van der Waals surface area contributed by atoms with Gasteiger partial charge < -0.3 is 4.74 Å². The lowest BCUT2D eigenvalue weighted by Gasteiger charge is -2.38. The molecule has 2 bridgehead atoms. The third kappa shape index (κ3) is 5.65. The number of piperidine rings is 1. The van der Waals surface area contributed by atoms with Crippen molar-refractivity contribution in [1.29, 1.82) is 0 Å². The van der Waals surface area contributed by atoms with Gasteiger partial charge in [-0.1, -0.05) is 29.3 Å². The van der Waals surface area contributed by atoms with Gasteiger partial charge in [0, 0.05) is 49.9 Å². The molecule has 2 aromatic rings. The van der Waals surface area contributed by atoms with Crippen LogP contribution in [0.2, 0.25) is 10.0 Å². The largest absolute Gasteiger partial charge is 0.490 e. The second-order valence-corrected chi connectivity index (χ2v) is 14.7. The molecule has 0 saturated carbocycles. The fourth-order valence-corrected chi connectivity index (χ4v) is 10.6. The van der Waals surface area contributed by atoms with Crippen molar-refractivity contribution >= 4 is 43.2 Å². The molecule has 8 nitrogen and oxygen atoms in total. The van der Waals surface area contributed by atoms with Crippen LogP contribution in [0.25, 0.3) is 0 Å². The molecule has 0 amide bonds. The average molecular weight is 589 g/mol. The number of fused-ring (bicyclic) bond motifs is 2. The maximum Gasteiger partial charge on any atom is 0.244 e. The Labute approximate surface area is 229 Å². The predicted molar refractivity (Wildman–Crippen MR) is 143 cm³/mol. The summed E-state index contributed by atoms with van der Waals surface area (Å²) >= 11 is 12.3. The van der Waals surface area contributed by atoms with Gasteiger partial charge in [-0.25, -0.2) is 16.8 Å². The fourth-order valence-electron chi connectivity index (χ4n) is 6.07. The SMILES string of the molecule is O=S(=O)(CCC[C@@H]1CCCN1S(=O)(=O)c1cccc(Cl)c1Cl)N1[C@@H]2CC[C@@H]1CC(Oc1ccncc1)C2. The quantitative estimate of drug-likeness (QED) is 0.421. The molecule has 5 rings (SSSR count). The molecule has 0 N–H and O–H groups in total. The maximum atomic E-state index is 13.4. The smallest absolute Gasteiger partial charge is 0.244 e. The molecule has 37 heavy (non-hydrogen) atoms. The number of rotatable bonds is 9. The molecule has 1 aromatic carbocycles. The third-order valence-corrected chi connectivity index (χ3v) is 12.6. The predicted octanol–water partition coefficient (Wildman–Crippen LogP) is 4.73. The van der Waals surface area contributed by atoms with Gasteiger partial charge in [0.05, 0.1) is 15.8 Å². The van der Waals surface area contributed by atoms with Crippen LogP contribution < -0.4 is 4.74 Å². The molecule has 3 atom stereocenters. The van der Waals surface area contributed by atoms with Crippen LogP contribution in [0.1, 0.15) is 51.4 Å². The number of pyridine rings is 1. The van der Waals surface area contributed by atoms with E-state index in [4.69, 9.17) is 27.9 Å². The van der Waals surface area contributed by atoms with Gasteiger partial charge in [0.25, 0.3) is 0 Å². The first-order valence-corrected chi connectivity index (χ1v) is 16.5. The lowest BCUT2D eigenvalue weighted by molar-refractivity contribution is 0.0956. The second kappa shape index (κ2) is 11.0. The summed E-state index contributed by atoms with van der Waals surface area (Å²) < 4.78 is 62.7. The zero-order chi connectivity index (χ0) is 26.2. The number of benzene rings is 1. The monoisotopic (exact) mass is 587 g/mol. The van der Waals surface area contributed by atoms with Crippen molar-refractivity contribution in [3.05, 3.63) is 52.8 Å². The van der Waals surface area contributed by atoms with Crippen LogP contribution in [-0.4, -0.2) is 67.0 Å². The van der Waals surface area contributed by atoms with Gasteiger partial charge in [-0.2, -0.15) is 8.61 Å². The topological polar surface area (TPSA) is 96.9 Å². The van der Waals surface area contributed by atoms with Crippen molar-refractivity contribution in [2.24, 2.45) is 0 Å². The van der Waals surface area contributed by atoms with Gasteiger partial charge in [0.2, 0.25) is 20.0 Å². The van der Waals surface area contributed by atoms with Crippen molar-refractivity contribution in [1.82, 2.24) is 13.6 Å². The van der Waals surface area contributed by atoms with Gasteiger partial charge in [-0.3, -0.25) is 4.98 Å². The molecule has 12 heteroatoms. The summed E-state index contributed by atoms with van der Waals surface area (Å²) in [5.41, 5.74) is 0. The Bertz CT molecular complexity index is 1310. The summed E-state index contributed by atoms with van der Waals surface area (Å²) in [5.74, 6) is 0.767. The Morgan fingerprint density at radius 1 is 0.973 bits per heavy atom. The minimum absolute atomic E-state index is 0.00498. The van der Waals surface area contributed by atoms with Gasteiger partial charge in [0.15, 0.2) is 0 Å². The van der Waals surface area contributed by atoms with E-state index in [2.05, 4.69) is 4.98 Å². The number of aromatic nitrogens is 1. The zero-order valence-corrected chi connectivity index (χ0v) is 23.5. The highest BCUT2D eigenvalue weighted by Crippen LogP contribution is 2.40. The van der Waals surface area contributed by atoms with Crippen molar-refractivity contribution in [3.8, 4) is 5.75 Å². The first-order chi connectivity index (χ1) is 17.7. The highest BCUT2D eigenvalue weighted by Gasteiger charge is 2.47. The van der Waals surface area contributed by atoms with E-state index in [-0.39, 0.29) is 44.9 Å². The van der Waals surface area contributed by atoms with Crippen LogP contribution >= 0.6 is 23.2 Å². The van der Waals surface area contributed by atoms with E-state index in [1.54, 1.807) is 28.8 Å². The molecular formula is C25H31Cl2N3O5S2. The van der Waals surface area contributed by atoms with Crippen LogP contribution in [0.5, 0.6) is 5.75 Å². The van der Waals surface area contributed by atoms with Crippen LogP contribution in [0.4, 0.5) is 0 Å². The summed E-state index contributed by atoms with van der Waals surface area (Å²) in [5, 5.41) is 0.207. The van der Waals surface area contributed by atoms with Gasteiger partial charge in [-0.05, 0) is 62.8 Å². The van der Waals surface area contributed by atoms with Crippen LogP contribution in [0.15, 0.2) is 47.6 Å². The minimum Gasteiger partial charge on any atom is -0.490 e. The Balaban J connectivity index is 1.19. The second-order valence-electron chi connectivity index (χ2n) is 10.0. The van der Waals surface area contributed by atoms with Crippen molar-refractivity contribution in [2.45, 2.75) is 80.5 Å². The highest BCUT2D eigenvalue weighted by molar-refractivity contribution is 7.89. The normalized spacial score (nSPS) is 27.0. The van der Waals surface area contributed by atoms with E-state index >= 15 is 0 Å². The molecule has 1 aromatic heterocycles. The Hall–Kier alpha value is -1.43. The molecule has 0 unspecified atom stereocenters. The molecular weight excluding hydrogens is 557 g/mol. The summed E-state index contributed by atoms with van der Waals surface area (Å²) in [6.45, 7) is 0.387. The molecule has 4 heterocycles. The first-order valence-electron chi connectivity index (χ1n) is 12.7. The molecule has 0 radical (unpaired) electrons. The average Bonchev–Trinajstić information content (AvgIpc) is 3.45. The van der Waals surface area contributed by atoms with E-state index < -0.39 is 20.0 Å².